The van der Waals surface area contributed by atoms with Gasteiger partial charge < -0.3 is 5.32 Å². The monoisotopic (exact) mass is 241 g/mol. The molecule has 1 nitrogen and oxygen atoms in total. The molecule has 0 heterocycles. The number of benzene rings is 1. The minimum Gasteiger partial charge on any atom is -0.310 e. The van der Waals surface area contributed by atoms with E-state index in [1.807, 2.05) is 6.92 Å². The molecule has 0 aromatic heterocycles. The van der Waals surface area contributed by atoms with Crippen molar-refractivity contribution in [2.24, 2.45) is 11.8 Å². The molecule has 96 valence electrons. The Morgan fingerprint density at radius 2 is 1.59 bits per heavy atom. The molecule has 17 heavy (non-hydrogen) atoms. The highest BCUT2D eigenvalue weighted by atomic mass is 19.1. The first-order valence-corrected chi connectivity index (χ1v) is 6.15. The van der Waals surface area contributed by atoms with Gasteiger partial charge in [0.1, 0.15) is 11.6 Å². The van der Waals surface area contributed by atoms with Crippen LogP contribution in [0, 0.1) is 23.5 Å². The number of hydrogen-bond acceptors (Lipinski definition) is 1. The molecule has 0 bridgehead atoms. The molecular formula is C14H21F2N. The molecule has 0 aliphatic rings. The van der Waals surface area contributed by atoms with Crippen LogP contribution in [0.2, 0.25) is 0 Å². The van der Waals surface area contributed by atoms with Crippen molar-refractivity contribution in [1.29, 1.82) is 0 Å². The normalized spacial score (nSPS) is 15.0. The SMILES string of the molecule is CCNC(c1cc(F)cc(F)c1)C(C)C(C)C. The van der Waals surface area contributed by atoms with Crippen LogP contribution >= 0.6 is 0 Å². The van der Waals surface area contributed by atoms with E-state index < -0.39 is 11.6 Å². The van der Waals surface area contributed by atoms with Crippen LogP contribution in [0.5, 0.6) is 0 Å². The summed E-state index contributed by atoms with van der Waals surface area (Å²) in [7, 11) is 0. The molecule has 0 saturated heterocycles. The molecule has 2 unspecified atom stereocenters. The Labute approximate surface area is 102 Å². The Morgan fingerprint density at radius 3 is 2.00 bits per heavy atom. The van der Waals surface area contributed by atoms with Gasteiger partial charge in [0, 0.05) is 12.1 Å². The Balaban J connectivity index is 3.04. The molecule has 1 aromatic carbocycles. The molecular weight excluding hydrogens is 220 g/mol. The minimum absolute atomic E-state index is 0.00907. The lowest BCUT2D eigenvalue weighted by Crippen LogP contribution is -2.29. The van der Waals surface area contributed by atoms with E-state index in [0.29, 0.717) is 17.4 Å². The lowest BCUT2D eigenvalue weighted by Gasteiger charge is -2.28. The first kappa shape index (κ1) is 14.1. The summed E-state index contributed by atoms with van der Waals surface area (Å²) in [6, 6.07) is 3.72. The van der Waals surface area contributed by atoms with Gasteiger partial charge in [-0.05, 0) is 36.1 Å². The quantitative estimate of drug-likeness (QED) is 0.824. The van der Waals surface area contributed by atoms with Crippen LogP contribution in [0.15, 0.2) is 18.2 Å². The van der Waals surface area contributed by atoms with Crippen LogP contribution in [0.4, 0.5) is 8.78 Å². The molecule has 2 atom stereocenters. The fraction of sp³-hybridized carbons (Fsp3) is 0.571. The third-order valence-corrected chi connectivity index (χ3v) is 3.25. The lowest BCUT2D eigenvalue weighted by molar-refractivity contribution is 0.306. The summed E-state index contributed by atoms with van der Waals surface area (Å²) in [4.78, 5) is 0. The largest absolute Gasteiger partial charge is 0.310 e. The van der Waals surface area contributed by atoms with Gasteiger partial charge >= 0.3 is 0 Å². The van der Waals surface area contributed by atoms with Crippen molar-refractivity contribution in [2.75, 3.05) is 6.54 Å². The fourth-order valence-corrected chi connectivity index (χ4v) is 1.97. The van der Waals surface area contributed by atoms with E-state index in [1.165, 1.54) is 12.1 Å². The molecule has 0 aliphatic heterocycles. The number of hydrogen-bond donors (Lipinski definition) is 1. The van der Waals surface area contributed by atoms with Gasteiger partial charge in [-0.3, -0.25) is 0 Å². The van der Waals surface area contributed by atoms with Crippen LogP contribution in [0.1, 0.15) is 39.3 Å². The maximum absolute atomic E-state index is 13.2. The van der Waals surface area contributed by atoms with E-state index in [9.17, 15) is 8.78 Å². The summed E-state index contributed by atoms with van der Waals surface area (Å²) < 4.78 is 26.5. The summed E-state index contributed by atoms with van der Waals surface area (Å²) in [5.74, 6) is -0.265. The Bertz CT molecular complexity index is 343. The Hall–Kier alpha value is -0.960. The first-order chi connectivity index (χ1) is 7.95. The molecule has 0 radical (unpaired) electrons. The van der Waals surface area contributed by atoms with Crippen LogP contribution < -0.4 is 5.32 Å². The molecule has 0 aliphatic carbocycles. The summed E-state index contributed by atoms with van der Waals surface area (Å²) in [6.07, 6.45) is 0. The van der Waals surface area contributed by atoms with Crippen molar-refractivity contribution in [3.05, 3.63) is 35.4 Å². The van der Waals surface area contributed by atoms with Crippen molar-refractivity contribution in [3.8, 4) is 0 Å². The van der Waals surface area contributed by atoms with Gasteiger partial charge in [0.25, 0.3) is 0 Å². The maximum atomic E-state index is 13.2. The summed E-state index contributed by atoms with van der Waals surface area (Å²) in [6.45, 7) is 9.10. The van der Waals surface area contributed by atoms with Crippen molar-refractivity contribution in [1.82, 2.24) is 5.32 Å². The Kier molecular flexibility index (Phi) is 5.06. The molecule has 1 aromatic rings. The highest BCUT2D eigenvalue weighted by molar-refractivity contribution is 5.22. The molecule has 1 rings (SSSR count). The maximum Gasteiger partial charge on any atom is 0.126 e. The second kappa shape index (κ2) is 6.10. The summed E-state index contributed by atoms with van der Waals surface area (Å²) in [5, 5.41) is 3.30. The van der Waals surface area contributed by atoms with Crippen molar-refractivity contribution < 1.29 is 8.78 Å². The minimum atomic E-state index is -0.515. The van der Waals surface area contributed by atoms with Crippen LogP contribution in [0.3, 0.4) is 0 Å². The second-order valence-corrected chi connectivity index (χ2v) is 4.84. The summed E-state index contributed by atoms with van der Waals surface area (Å²) >= 11 is 0. The van der Waals surface area contributed by atoms with Crippen LogP contribution in [-0.2, 0) is 0 Å². The number of halogens is 2. The third-order valence-electron chi connectivity index (χ3n) is 3.25. The molecule has 1 N–H and O–H groups in total. The fourth-order valence-electron chi connectivity index (χ4n) is 1.97. The molecule has 0 saturated carbocycles. The molecule has 0 amide bonds. The zero-order valence-electron chi connectivity index (χ0n) is 10.9. The number of nitrogens with one attached hydrogen (secondary N) is 1. The molecule has 3 heteroatoms. The third kappa shape index (κ3) is 3.77. The van der Waals surface area contributed by atoms with Crippen molar-refractivity contribution in [2.45, 2.75) is 33.7 Å². The Morgan fingerprint density at radius 1 is 1.06 bits per heavy atom. The van der Waals surface area contributed by atoms with Gasteiger partial charge in [-0.1, -0.05) is 27.7 Å². The molecule has 0 fully saturated rings. The van der Waals surface area contributed by atoms with Gasteiger partial charge in [0.15, 0.2) is 0 Å². The smallest absolute Gasteiger partial charge is 0.126 e. The van der Waals surface area contributed by atoms with E-state index in [2.05, 4.69) is 26.1 Å². The second-order valence-electron chi connectivity index (χ2n) is 4.84. The van der Waals surface area contributed by atoms with Crippen LogP contribution in [0.25, 0.3) is 0 Å². The summed E-state index contributed by atoms with van der Waals surface area (Å²) in [5.41, 5.74) is 0.686. The highest BCUT2D eigenvalue weighted by Crippen LogP contribution is 2.28. The van der Waals surface area contributed by atoms with Gasteiger partial charge in [0.2, 0.25) is 0 Å². The van der Waals surface area contributed by atoms with E-state index in [0.717, 1.165) is 12.6 Å². The first-order valence-electron chi connectivity index (χ1n) is 6.15. The van der Waals surface area contributed by atoms with Gasteiger partial charge in [-0.15, -0.1) is 0 Å². The van der Waals surface area contributed by atoms with E-state index in [-0.39, 0.29) is 6.04 Å². The lowest BCUT2D eigenvalue weighted by atomic mass is 9.86. The zero-order valence-corrected chi connectivity index (χ0v) is 10.9. The van der Waals surface area contributed by atoms with Gasteiger partial charge in [-0.25, -0.2) is 8.78 Å². The van der Waals surface area contributed by atoms with Crippen LogP contribution in [-0.4, -0.2) is 6.54 Å². The van der Waals surface area contributed by atoms with E-state index >= 15 is 0 Å². The van der Waals surface area contributed by atoms with Crippen molar-refractivity contribution in [3.63, 3.8) is 0 Å². The highest BCUT2D eigenvalue weighted by Gasteiger charge is 2.22. The van der Waals surface area contributed by atoms with E-state index in [4.69, 9.17) is 0 Å². The average molecular weight is 241 g/mol. The predicted molar refractivity (Wildman–Crippen MR) is 66.8 cm³/mol. The standard InChI is InChI=1S/C14H21F2N/c1-5-17-14(10(4)9(2)3)11-6-12(15)8-13(16)7-11/h6-10,14,17H,5H2,1-4H3. The zero-order chi connectivity index (χ0) is 13.0. The molecule has 0 spiro atoms. The topological polar surface area (TPSA) is 12.0 Å². The predicted octanol–water partition coefficient (Wildman–Crippen LogP) is 3.91. The van der Waals surface area contributed by atoms with Crippen molar-refractivity contribution >= 4 is 0 Å². The van der Waals surface area contributed by atoms with E-state index in [1.54, 1.807) is 0 Å². The van der Waals surface area contributed by atoms with Gasteiger partial charge in [0.05, 0.1) is 0 Å². The number of rotatable bonds is 5. The van der Waals surface area contributed by atoms with Gasteiger partial charge in [-0.2, -0.15) is 0 Å². The average Bonchev–Trinajstić information content (AvgIpc) is 2.23.